The summed E-state index contributed by atoms with van der Waals surface area (Å²) in [4.78, 5) is 12.7. The molecule has 1 N–H and O–H groups in total. The number of sulfonamides is 1. The monoisotopic (exact) mass is 422 g/mol. The summed E-state index contributed by atoms with van der Waals surface area (Å²) in [5.41, 5.74) is 2.71. The van der Waals surface area contributed by atoms with Crippen LogP contribution in [0.5, 0.6) is 0 Å². The van der Waals surface area contributed by atoms with Gasteiger partial charge in [-0.2, -0.15) is 0 Å². The van der Waals surface area contributed by atoms with Crippen LogP contribution >= 0.6 is 15.9 Å². The summed E-state index contributed by atoms with van der Waals surface area (Å²) in [7, 11) is -0.708. The average Bonchev–Trinajstić information content (AvgIpc) is 2.98. The molecular weight excluding hydrogens is 404 g/mol. The highest BCUT2D eigenvalue weighted by Gasteiger charge is 2.26. The standard InChI is InChI=1S/C18H19BrN2O3S/c1-21(2)25(23,24)17-11-13(7-9-15(17)19)18(22)20-16-10-8-12-5-3-4-6-14(12)16/h3-7,9,11,16H,8,10H2,1-2H3,(H,20,22). The van der Waals surface area contributed by atoms with Gasteiger partial charge in [0.05, 0.1) is 10.9 Å². The Labute approximate surface area is 156 Å². The molecule has 0 aliphatic heterocycles. The van der Waals surface area contributed by atoms with Gasteiger partial charge in [-0.3, -0.25) is 4.79 Å². The molecule has 2 aromatic rings. The maximum Gasteiger partial charge on any atom is 0.251 e. The van der Waals surface area contributed by atoms with Crippen LogP contribution in [0.25, 0.3) is 0 Å². The Hall–Kier alpha value is -1.70. The van der Waals surface area contributed by atoms with Gasteiger partial charge in [0.1, 0.15) is 0 Å². The molecule has 132 valence electrons. The van der Waals surface area contributed by atoms with E-state index in [1.165, 1.54) is 25.7 Å². The predicted molar refractivity (Wildman–Crippen MR) is 100.0 cm³/mol. The lowest BCUT2D eigenvalue weighted by atomic mass is 10.1. The van der Waals surface area contributed by atoms with Gasteiger partial charge < -0.3 is 5.32 Å². The molecule has 0 fully saturated rings. The van der Waals surface area contributed by atoms with Gasteiger partial charge in [0.2, 0.25) is 10.0 Å². The van der Waals surface area contributed by atoms with Crippen molar-refractivity contribution in [3.8, 4) is 0 Å². The summed E-state index contributed by atoms with van der Waals surface area (Å²) in [5.74, 6) is -0.274. The van der Waals surface area contributed by atoms with Crippen molar-refractivity contribution >= 4 is 31.9 Å². The number of hydrogen-bond acceptors (Lipinski definition) is 3. The fourth-order valence-electron chi connectivity index (χ4n) is 2.99. The van der Waals surface area contributed by atoms with Crippen LogP contribution in [0.1, 0.15) is 33.9 Å². The topological polar surface area (TPSA) is 66.5 Å². The lowest BCUT2D eigenvalue weighted by Crippen LogP contribution is -2.28. The Bertz CT molecular complexity index is 926. The fourth-order valence-corrected chi connectivity index (χ4v) is 4.83. The Morgan fingerprint density at radius 1 is 1.20 bits per heavy atom. The molecule has 0 radical (unpaired) electrons. The van der Waals surface area contributed by atoms with E-state index in [4.69, 9.17) is 0 Å². The van der Waals surface area contributed by atoms with Crippen molar-refractivity contribution in [2.24, 2.45) is 0 Å². The molecule has 0 aromatic heterocycles. The van der Waals surface area contributed by atoms with Crippen molar-refractivity contribution in [1.29, 1.82) is 0 Å². The first-order valence-corrected chi connectivity index (χ1v) is 10.1. The zero-order chi connectivity index (χ0) is 18.2. The molecule has 1 aliphatic carbocycles. The Kier molecular flexibility index (Phi) is 4.99. The van der Waals surface area contributed by atoms with Crippen LogP contribution in [0.2, 0.25) is 0 Å². The Morgan fingerprint density at radius 2 is 1.92 bits per heavy atom. The molecule has 0 saturated heterocycles. The van der Waals surface area contributed by atoms with E-state index in [-0.39, 0.29) is 16.8 Å². The minimum atomic E-state index is -3.63. The summed E-state index contributed by atoms with van der Waals surface area (Å²) < 4.78 is 26.4. The van der Waals surface area contributed by atoms with Crippen molar-refractivity contribution in [3.63, 3.8) is 0 Å². The van der Waals surface area contributed by atoms with E-state index in [0.29, 0.717) is 10.0 Å². The average molecular weight is 423 g/mol. The van der Waals surface area contributed by atoms with E-state index in [1.54, 1.807) is 12.1 Å². The molecule has 25 heavy (non-hydrogen) atoms. The van der Waals surface area contributed by atoms with E-state index in [9.17, 15) is 13.2 Å². The zero-order valence-electron chi connectivity index (χ0n) is 14.0. The SMILES string of the molecule is CN(C)S(=O)(=O)c1cc(C(=O)NC2CCc3ccccc32)ccc1Br. The summed E-state index contributed by atoms with van der Waals surface area (Å²) in [6.07, 6.45) is 1.78. The van der Waals surface area contributed by atoms with Crippen molar-refractivity contribution in [2.45, 2.75) is 23.8 Å². The molecule has 2 aromatic carbocycles. The van der Waals surface area contributed by atoms with Crippen LogP contribution in [-0.2, 0) is 16.4 Å². The molecule has 0 spiro atoms. The van der Waals surface area contributed by atoms with Crippen molar-refractivity contribution in [3.05, 3.63) is 63.6 Å². The molecular formula is C18H19BrN2O3S. The van der Waals surface area contributed by atoms with E-state index < -0.39 is 10.0 Å². The molecule has 1 unspecified atom stereocenters. The zero-order valence-corrected chi connectivity index (χ0v) is 16.4. The maximum absolute atomic E-state index is 12.6. The number of aryl methyl sites for hydroxylation is 1. The normalized spacial score (nSPS) is 16.7. The smallest absolute Gasteiger partial charge is 0.251 e. The molecule has 1 atom stereocenters. The summed E-state index contributed by atoms with van der Waals surface area (Å²) >= 11 is 3.26. The van der Waals surface area contributed by atoms with Crippen LogP contribution in [0, 0.1) is 0 Å². The van der Waals surface area contributed by atoms with Crippen LogP contribution in [0.4, 0.5) is 0 Å². The number of halogens is 1. The number of nitrogens with zero attached hydrogens (tertiary/aromatic N) is 1. The first-order chi connectivity index (χ1) is 11.8. The second-order valence-electron chi connectivity index (χ2n) is 6.20. The van der Waals surface area contributed by atoms with E-state index in [0.717, 1.165) is 22.7 Å². The minimum absolute atomic E-state index is 0.0405. The van der Waals surface area contributed by atoms with E-state index in [1.807, 2.05) is 18.2 Å². The number of carbonyl (C=O) groups excluding carboxylic acids is 1. The van der Waals surface area contributed by atoms with Gasteiger partial charge in [0.15, 0.2) is 0 Å². The largest absolute Gasteiger partial charge is 0.345 e. The Morgan fingerprint density at radius 3 is 2.64 bits per heavy atom. The van der Waals surface area contributed by atoms with Gasteiger partial charge >= 0.3 is 0 Å². The number of carbonyl (C=O) groups is 1. The second-order valence-corrected chi connectivity index (χ2v) is 9.17. The summed E-state index contributed by atoms with van der Waals surface area (Å²) in [5, 5.41) is 3.02. The number of rotatable bonds is 4. The van der Waals surface area contributed by atoms with Crippen LogP contribution in [-0.4, -0.2) is 32.7 Å². The van der Waals surface area contributed by atoms with Crippen molar-refractivity contribution in [1.82, 2.24) is 9.62 Å². The van der Waals surface area contributed by atoms with E-state index in [2.05, 4.69) is 27.3 Å². The highest BCUT2D eigenvalue weighted by Crippen LogP contribution is 2.31. The van der Waals surface area contributed by atoms with Crippen LogP contribution < -0.4 is 5.32 Å². The van der Waals surface area contributed by atoms with Gasteiger partial charge in [0, 0.05) is 24.1 Å². The van der Waals surface area contributed by atoms with Crippen molar-refractivity contribution in [2.75, 3.05) is 14.1 Å². The fraction of sp³-hybridized carbons (Fsp3) is 0.278. The number of hydrogen-bond donors (Lipinski definition) is 1. The van der Waals surface area contributed by atoms with Crippen LogP contribution in [0.3, 0.4) is 0 Å². The molecule has 0 saturated carbocycles. The number of fused-ring (bicyclic) bond motifs is 1. The third-order valence-corrected chi connectivity index (χ3v) is 7.20. The number of amides is 1. The van der Waals surface area contributed by atoms with Gasteiger partial charge in [-0.25, -0.2) is 12.7 Å². The van der Waals surface area contributed by atoms with Crippen LogP contribution in [0.15, 0.2) is 51.8 Å². The lowest BCUT2D eigenvalue weighted by molar-refractivity contribution is 0.0936. The minimum Gasteiger partial charge on any atom is -0.345 e. The molecule has 0 heterocycles. The van der Waals surface area contributed by atoms with Gasteiger partial charge in [-0.05, 0) is 58.1 Å². The predicted octanol–water partition coefficient (Wildman–Crippen LogP) is 3.12. The highest BCUT2D eigenvalue weighted by atomic mass is 79.9. The van der Waals surface area contributed by atoms with E-state index >= 15 is 0 Å². The third kappa shape index (κ3) is 3.49. The van der Waals surface area contributed by atoms with Gasteiger partial charge in [-0.1, -0.05) is 24.3 Å². The molecule has 7 heteroatoms. The molecule has 1 amide bonds. The number of benzene rings is 2. The second kappa shape index (κ2) is 6.90. The van der Waals surface area contributed by atoms with Gasteiger partial charge in [-0.15, -0.1) is 0 Å². The number of nitrogens with one attached hydrogen (secondary N) is 1. The highest BCUT2D eigenvalue weighted by molar-refractivity contribution is 9.10. The first kappa shape index (κ1) is 18.1. The lowest BCUT2D eigenvalue weighted by Gasteiger charge is -2.16. The van der Waals surface area contributed by atoms with Gasteiger partial charge in [0.25, 0.3) is 5.91 Å². The Balaban J connectivity index is 1.87. The third-order valence-electron chi connectivity index (χ3n) is 4.39. The first-order valence-electron chi connectivity index (χ1n) is 7.91. The summed E-state index contributed by atoms with van der Waals surface area (Å²) in [6.45, 7) is 0. The van der Waals surface area contributed by atoms with Crippen molar-refractivity contribution < 1.29 is 13.2 Å². The molecule has 0 bridgehead atoms. The molecule has 3 rings (SSSR count). The quantitative estimate of drug-likeness (QED) is 0.822. The molecule has 5 nitrogen and oxygen atoms in total. The maximum atomic E-state index is 12.6. The molecule has 1 aliphatic rings. The summed E-state index contributed by atoms with van der Waals surface area (Å²) in [6, 6.07) is 12.6.